The van der Waals surface area contributed by atoms with Crippen LogP contribution in [0.1, 0.15) is 39.8 Å². The predicted octanol–water partition coefficient (Wildman–Crippen LogP) is 3.63. The standard InChI is InChI=1S/C29H35N7O4/c1-6-23-21(9-8-12-30-23)22-19-31-36-13-10-24(32-25(22)36)33-15-17-34(18-16-33)26(37)40-29(7-2)11-14-35(20-29)27(38)39-28(3,4)5/h2,8-10,12-13,19H,6,11,14-18,20H2,1,3-5H3. The van der Waals surface area contributed by atoms with Crippen LogP contribution in [0.5, 0.6) is 0 Å². The number of likely N-dealkylation sites (tertiary alicyclic amines) is 1. The number of nitrogens with zero attached hydrogens (tertiary/aromatic N) is 7. The maximum atomic E-state index is 13.1. The summed E-state index contributed by atoms with van der Waals surface area (Å²) in [6.07, 6.45) is 11.5. The Morgan fingerprint density at radius 3 is 2.55 bits per heavy atom. The van der Waals surface area contributed by atoms with Gasteiger partial charge in [-0.2, -0.15) is 5.10 Å². The third-order valence-electron chi connectivity index (χ3n) is 7.16. The number of terminal acetylenes is 1. The van der Waals surface area contributed by atoms with E-state index in [1.54, 1.807) is 36.4 Å². The largest absolute Gasteiger partial charge is 0.444 e. The van der Waals surface area contributed by atoms with Crippen molar-refractivity contribution >= 4 is 23.7 Å². The number of piperazine rings is 1. The van der Waals surface area contributed by atoms with Crippen LogP contribution in [-0.2, 0) is 15.9 Å². The van der Waals surface area contributed by atoms with E-state index < -0.39 is 23.4 Å². The van der Waals surface area contributed by atoms with Crippen LogP contribution >= 0.6 is 0 Å². The van der Waals surface area contributed by atoms with Crippen molar-refractivity contribution in [3.05, 3.63) is 42.5 Å². The van der Waals surface area contributed by atoms with Crippen LogP contribution in [-0.4, -0.2) is 92.0 Å². The average molecular weight is 546 g/mol. The molecule has 0 saturated carbocycles. The highest BCUT2D eigenvalue weighted by molar-refractivity contribution is 5.79. The number of amides is 2. The molecular formula is C29H35N7O4. The fraction of sp³-hybridized carbons (Fsp3) is 0.483. The molecule has 0 N–H and O–H groups in total. The maximum Gasteiger partial charge on any atom is 0.411 e. The molecule has 2 aliphatic rings. The van der Waals surface area contributed by atoms with Crippen LogP contribution in [0, 0.1) is 12.3 Å². The topological polar surface area (TPSA) is 105 Å². The van der Waals surface area contributed by atoms with Crippen molar-refractivity contribution in [3.8, 4) is 23.5 Å². The monoisotopic (exact) mass is 545 g/mol. The molecule has 1 atom stereocenters. The molecule has 3 aromatic rings. The van der Waals surface area contributed by atoms with Gasteiger partial charge in [0.1, 0.15) is 11.4 Å². The molecular weight excluding hydrogens is 510 g/mol. The zero-order chi connectivity index (χ0) is 28.5. The van der Waals surface area contributed by atoms with Crippen LogP contribution in [0.2, 0.25) is 0 Å². The van der Waals surface area contributed by atoms with E-state index in [2.05, 4.69) is 27.8 Å². The fourth-order valence-electron chi connectivity index (χ4n) is 5.04. The summed E-state index contributed by atoms with van der Waals surface area (Å²) in [7, 11) is 0. The van der Waals surface area contributed by atoms with Crippen molar-refractivity contribution in [2.24, 2.45) is 0 Å². The van der Waals surface area contributed by atoms with Crippen molar-refractivity contribution < 1.29 is 19.1 Å². The Hall–Kier alpha value is -4.33. The van der Waals surface area contributed by atoms with E-state index in [0.717, 1.165) is 34.7 Å². The number of aryl methyl sites for hydroxylation is 1. The minimum absolute atomic E-state index is 0.110. The van der Waals surface area contributed by atoms with Gasteiger partial charge in [0, 0.05) is 68.4 Å². The molecule has 2 amide bonds. The lowest BCUT2D eigenvalue weighted by Crippen LogP contribution is -2.51. The van der Waals surface area contributed by atoms with Gasteiger partial charge in [-0.1, -0.05) is 18.9 Å². The Bertz CT molecular complexity index is 1450. The number of hydrogen-bond donors (Lipinski definition) is 0. The van der Waals surface area contributed by atoms with Gasteiger partial charge in [-0.15, -0.1) is 6.42 Å². The van der Waals surface area contributed by atoms with E-state index >= 15 is 0 Å². The Morgan fingerprint density at radius 1 is 1.07 bits per heavy atom. The summed E-state index contributed by atoms with van der Waals surface area (Å²) in [6, 6.07) is 5.89. The summed E-state index contributed by atoms with van der Waals surface area (Å²) in [5, 5.41) is 4.48. The van der Waals surface area contributed by atoms with Crippen LogP contribution < -0.4 is 4.90 Å². The first-order valence-corrected chi connectivity index (χ1v) is 13.6. The van der Waals surface area contributed by atoms with Gasteiger partial charge in [0.2, 0.25) is 0 Å². The Balaban J connectivity index is 1.23. The van der Waals surface area contributed by atoms with Gasteiger partial charge in [0.15, 0.2) is 11.2 Å². The molecule has 40 heavy (non-hydrogen) atoms. The number of carbonyl (C=O) groups is 2. The van der Waals surface area contributed by atoms with Gasteiger partial charge < -0.3 is 24.2 Å². The number of anilines is 1. The van der Waals surface area contributed by atoms with Crippen LogP contribution in [0.25, 0.3) is 16.8 Å². The van der Waals surface area contributed by atoms with E-state index in [-0.39, 0.29) is 6.54 Å². The number of carbonyl (C=O) groups excluding carboxylic acids is 2. The van der Waals surface area contributed by atoms with E-state index in [1.807, 2.05) is 30.6 Å². The Kier molecular flexibility index (Phi) is 7.27. The van der Waals surface area contributed by atoms with E-state index in [1.165, 1.54) is 4.90 Å². The second-order valence-corrected chi connectivity index (χ2v) is 11.1. The molecule has 0 aromatic carbocycles. The molecule has 0 bridgehead atoms. The maximum absolute atomic E-state index is 13.1. The number of aromatic nitrogens is 4. The highest BCUT2D eigenvalue weighted by Crippen LogP contribution is 2.29. The average Bonchev–Trinajstić information content (AvgIpc) is 3.57. The zero-order valence-electron chi connectivity index (χ0n) is 23.5. The first-order valence-electron chi connectivity index (χ1n) is 13.6. The van der Waals surface area contributed by atoms with Gasteiger partial charge in [0.05, 0.1) is 12.7 Å². The highest BCUT2D eigenvalue weighted by Gasteiger charge is 2.44. The van der Waals surface area contributed by atoms with Gasteiger partial charge in [0.25, 0.3) is 0 Å². The normalized spacial score (nSPS) is 19.5. The van der Waals surface area contributed by atoms with Crippen molar-refractivity contribution in [1.82, 2.24) is 29.4 Å². The third-order valence-corrected chi connectivity index (χ3v) is 7.16. The summed E-state index contributed by atoms with van der Waals surface area (Å²) >= 11 is 0. The van der Waals surface area contributed by atoms with Crippen molar-refractivity contribution in [3.63, 3.8) is 0 Å². The second kappa shape index (κ2) is 10.7. The number of pyridine rings is 1. The number of rotatable bonds is 4. The predicted molar refractivity (Wildman–Crippen MR) is 150 cm³/mol. The SMILES string of the molecule is C#CC1(OC(=O)N2CCN(c3ccn4ncc(-c5cccnc5CC)c4n3)CC2)CCN(C(=O)OC(C)(C)C)C1. The van der Waals surface area contributed by atoms with Gasteiger partial charge in [-0.25, -0.2) is 19.1 Å². The third kappa shape index (κ3) is 5.52. The Labute approximate surface area is 234 Å². The zero-order valence-corrected chi connectivity index (χ0v) is 23.5. The summed E-state index contributed by atoms with van der Waals surface area (Å²) in [5.74, 6) is 3.43. The second-order valence-electron chi connectivity index (χ2n) is 11.1. The minimum atomic E-state index is -1.17. The van der Waals surface area contributed by atoms with E-state index in [0.29, 0.717) is 39.1 Å². The molecule has 0 radical (unpaired) electrons. The van der Waals surface area contributed by atoms with Gasteiger partial charge in [-0.3, -0.25) is 4.98 Å². The fourth-order valence-corrected chi connectivity index (χ4v) is 5.04. The van der Waals surface area contributed by atoms with Crippen LogP contribution in [0.4, 0.5) is 15.4 Å². The lowest BCUT2D eigenvalue weighted by atomic mass is 10.1. The molecule has 5 heterocycles. The van der Waals surface area contributed by atoms with Crippen molar-refractivity contribution in [1.29, 1.82) is 0 Å². The summed E-state index contributed by atoms with van der Waals surface area (Å²) in [4.78, 5) is 40.3. The lowest BCUT2D eigenvalue weighted by molar-refractivity contribution is 0.0131. The van der Waals surface area contributed by atoms with Crippen LogP contribution in [0.15, 0.2) is 36.8 Å². The smallest absolute Gasteiger partial charge is 0.411 e. The molecule has 1 unspecified atom stereocenters. The van der Waals surface area contributed by atoms with Gasteiger partial charge >= 0.3 is 12.2 Å². The molecule has 5 rings (SSSR count). The molecule has 3 aromatic heterocycles. The summed E-state index contributed by atoms with van der Waals surface area (Å²) in [6.45, 7) is 10.1. The van der Waals surface area contributed by atoms with E-state index in [9.17, 15) is 9.59 Å². The first kappa shape index (κ1) is 27.2. The van der Waals surface area contributed by atoms with Crippen LogP contribution in [0.3, 0.4) is 0 Å². The number of hydrogen-bond acceptors (Lipinski definition) is 8. The minimum Gasteiger partial charge on any atom is -0.444 e. The highest BCUT2D eigenvalue weighted by atomic mass is 16.6. The Morgan fingerprint density at radius 2 is 1.85 bits per heavy atom. The lowest BCUT2D eigenvalue weighted by Gasteiger charge is -2.36. The van der Waals surface area contributed by atoms with E-state index in [4.69, 9.17) is 20.9 Å². The van der Waals surface area contributed by atoms with Crippen molar-refractivity contribution in [2.45, 2.75) is 51.7 Å². The molecule has 0 spiro atoms. The number of ether oxygens (including phenoxy) is 2. The molecule has 0 aliphatic carbocycles. The molecule has 11 nitrogen and oxygen atoms in total. The molecule has 11 heteroatoms. The van der Waals surface area contributed by atoms with Crippen molar-refractivity contribution in [2.75, 3.05) is 44.2 Å². The molecule has 210 valence electrons. The summed E-state index contributed by atoms with van der Waals surface area (Å²) < 4.78 is 13.0. The molecule has 2 saturated heterocycles. The quantitative estimate of drug-likeness (QED) is 0.458. The molecule has 2 fully saturated rings. The first-order chi connectivity index (χ1) is 19.1. The molecule has 2 aliphatic heterocycles. The summed E-state index contributed by atoms with van der Waals surface area (Å²) in [5.41, 5.74) is 1.93. The number of fused-ring (bicyclic) bond motifs is 1. The van der Waals surface area contributed by atoms with Gasteiger partial charge in [-0.05, 0) is 39.3 Å².